The summed E-state index contributed by atoms with van der Waals surface area (Å²) in [5.74, 6) is 0. The van der Waals surface area contributed by atoms with Crippen molar-refractivity contribution in [2.24, 2.45) is 0 Å². The molecular weight excluding hydrogens is 699 g/mol. The van der Waals surface area contributed by atoms with Crippen LogP contribution in [0.5, 0.6) is 0 Å². The van der Waals surface area contributed by atoms with E-state index in [1.165, 1.54) is 88.3 Å². The van der Waals surface area contributed by atoms with Gasteiger partial charge in [-0.05, 0) is 131 Å². The van der Waals surface area contributed by atoms with E-state index in [0.29, 0.717) is 0 Å². The molecule has 58 heavy (non-hydrogen) atoms. The first-order valence-corrected chi connectivity index (χ1v) is 20.2. The fourth-order valence-corrected chi connectivity index (χ4v) is 10.1. The van der Waals surface area contributed by atoms with Crippen LogP contribution in [0.1, 0.15) is 22.3 Å². The molecule has 1 spiro atoms. The zero-order valence-corrected chi connectivity index (χ0v) is 31.8. The number of hydrogen-bond donors (Lipinski definition) is 0. The van der Waals surface area contributed by atoms with Gasteiger partial charge in [0.15, 0.2) is 0 Å². The lowest BCUT2D eigenvalue weighted by Crippen LogP contribution is -2.26. The summed E-state index contributed by atoms with van der Waals surface area (Å²) in [5, 5.41) is 4.95. The first-order chi connectivity index (χ1) is 28.8. The summed E-state index contributed by atoms with van der Waals surface area (Å²) in [4.78, 5) is 2.44. The van der Waals surface area contributed by atoms with E-state index in [-0.39, 0.29) is 0 Å². The van der Waals surface area contributed by atoms with E-state index in [4.69, 9.17) is 0 Å². The summed E-state index contributed by atoms with van der Waals surface area (Å²) in [6, 6.07) is 83.1. The molecule has 0 aliphatic heterocycles. The predicted octanol–water partition coefficient (Wildman–Crippen LogP) is 15.1. The second-order valence-corrected chi connectivity index (χ2v) is 15.6. The van der Waals surface area contributed by atoms with Crippen LogP contribution < -0.4 is 4.90 Å². The van der Waals surface area contributed by atoms with Crippen molar-refractivity contribution < 1.29 is 0 Å². The van der Waals surface area contributed by atoms with Crippen molar-refractivity contribution in [3.05, 3.63) is 247 Å². The average molecular weight is 736 g/mol. The molecule has 10 aromatic rings. The molecule has 0 fully saturated rings. The molecule has 0 saturated heterocycles. The summed E-state index contributed by atoms with van der Waals surface area (Å²) in [6.45, 7) is 0. The molecule has 270 valence electrons. The standard InChI is InChI=1S/C57H37N/c1-2-13-38(14-3-1)39-27-30-44(31-28-39)58(45-32-29-41-35-43(26-25-42(41)36-45)48-21-12-16-40-15-4-5-17-47(40)48)46-33-34-52-51-20-8-11-24-55(51)57(56(52)37-46)53-22-9-6-18-49(53)50-19-7-10-23-54(50)57/h1-37H. The van der Waals surface area contributed by atoms with Gasteiger partial charge in [-0.15, -0.1) is 0 Å². The van der Waals surface area contributed by atoms with E-state index in [9.17, 15) is 0 Å². The van der Waals surface area contributed by atoms with Crippen molar-refractivity contribution in [3.8, 4) is 44.5 Å². The highest BCUT2D eigenvalue weighted by Gasteiger charge is 2.51. The van der Waals surface area contributed by atoms with Gasteiger partial charge in [-0.3, -0.25) is 0 Å². The zero-order valence-electron chi connectivity index (χ0n) is 31.8. The van der Waals surface area contributed by atoms with Gasteiger partial charge in [0.2, 0.25) is 0 Å². The summed E-state index contributed by atoms with van der Waals surface area (Å²) in [6.07, 6.45) is 0. The Balaban J connectivity index is 1.05. The van der Waals surface area contributed by atoms with Crippen LogP contribution in [0, 0.1) is 0 Å². The number of hydrogen-bond acceptors (Lipinski definition) is 1. The maximum absolute atomic E-state index is 2.48. The highest BCUT2D eigenvalue weighted by atomic mass is 15.1. The molecular formula is C57H37N. The highest BCUT2D eigenvalue weighted by Crippen LogP contribution is 2.63. The first kappa shape index (κ1) is 32.7. The molecule has 0 saturated carbocycles. The average Bonchev–Trinajstić information content (AvgIpc) is 3.76. The fraction of sp³-hybridized carbons (Fsp3) is 0.0175. The Bertz CT molecular complexity index is 3160. The van der Waals surface area contributed by atoms with E-state index in [0.717, 1.165) is 17.1 Å². The Hall–Kier alpha value is -7.48. The van der Waals surface area contributed by atoms with Crippen molar-refractivity contribution in [1.82, 2.24) is 0 Å². The SMILES string of the molecule is c1ccc(-c2ccc(N(c3ccc4c(c3)C3(c5ccccc5-c5ccccc53)c3ccccc3-4)c3ccc4cc(-c5cccc6ccccc56)ccc4c3)cc2)cc1. The number of benzene rings is 10. The van der Waals surface area contributed by atoms with Gasteiger partial charge in [0.25, 0.3) is 0 Å². The molecule has 1 heteroatoms. The molecule has 10 aromatic carbocycles. The molecule has 0 amide bonds. The third-order valence-electron chi connectivity index (χ3n) is 12.7. The molecule has 12 rings (SSSR count). The Morgan fingerprint density at radius 3 is 1.47 bits per heavy atom. The van der Waals surface area contributed by atoms with E-state index in [1.807, 2.05) is 0 Å². The normalized spacial score (nSPS) is 13.0. The Morgan fingerprint density at radius 2 is 0.741 bits per heavy atom. The van der Waals surface area contributed by atoms with Crippen LogP contribution in [-0.4, -0.2) is 0 Å². The van der Waals surface area contributed by atoms with Crippen LogP contribution in [0.4, 0.5) is 17.1 Å². The summed E-state index contributed by atoms with van der Waals surface area (Å²) in [5.41, 5.74) is 18.5. The maximum Gasteiger partial charge on any atom is 0.0726 e. The summed E-state index contributed by atoms with van der Waals surface area (Å²) < 4.78 is 0. The van der Waals surface area contributed by atoms with Crippen molar-refractivity contribution in [2.45, 2.75) is 5.41 Å². The molecule has 0 unspecified atom stereocenters. The molecule has 0 atom stereocenters. The molecule has 0 radical (unpaired) electrons. The third-order valence-corrected chi connectivity index (χ3v) is 12.7. The Labute approximate surface area is 338 Å². The molecule has 0 aromatic heterocycles. The molecule has 0 heterocycles. The number of fused-ring (bicyclic) bond motifs is 12. The summed E-state index contributed by atoms with van der Waals surface area (Å²) >= 11 is 0. The van der Waals surface area contributed by atoms with Gasteiger partial charge >= 0.3 is 0 Å². The number of rotatable bonds is 5. The van der Waals surface area contributed by atoms with Gasteiger partial charge in [-0.25, -0.2) is 0 Å². The Morgan fingerprint density at radius 1 is 0.259 bits per heavy atom. The molecule has 1 nitrogen and oxygen atoms in total. The van der Waals surface area contributed by atoms with Gasteiger partial charge in [0, 0.05) is 17.1 Å². The minimum Gasteiger partial charge on any atom is -0.310 e. The van der Waals surface area contributed by atoms with Crippen LogP contribution in [0.25, 0.3) is 66.1 Å². The third kappa shape index (κ3) is 4.77. The molecule has 2 aliphatic rings. The van der Waals surface area contributed by atoms with Crippen LogP contribution >= 0.6 is 0 Å². The maximum atomic E-state index is 2.48. The second-order valence-electron chi connectivity index (χ2n) is 15.6. The van der Waals surface area contributed by atoms with Crippen LogP contribution in [0.3, 0.4) is 0 Å². The van der Waals surface area contributed by atoms with Gasteiger partial charge in [-0.2, -0.15) is 0 Å². The lowest BCUT2D eigenvalue weighted by Gasteiger charge is -2.32. The highest BCUT2D eigenvalue weighted by molar-refractivity contribution is 6.01. The molecule has 0 N–H and O–H groups in total. The monoisotopic (exact) mass is 735 g/mol. The van der Waals surface area contributed by atoms with Crippen LogP contribution in [0.15, 0.2) is 224 Å². The van der Waals surface area contributed by atoms with E-state index < -0.39 is 5.41 Å². The minimum absolute atomic E-state index is 0.417. The second kappa shape index (κ2) is 12.8. The van der Waals surface area contributed by atoms with Crippen molar-refractivity contribution in [1.29, 1.82) is 0 Å². The van der Waals surface area contributed by atoms with E-state index in [2.05, 4.69) is 229 Å². The lowest BCUT2D eigenvalue weighted by molar-refractivity contribution is 0.793. The number of nitrogens with zero attached hydrogens (tertiary/aromatic N) is 1. The minimum atomic E-state index is -0.417. The van der Waals surface area contributed by atoms with Crippen molar-refractivity contribution in [3.63, 3.8) is 0 Å². The first-order valence-electron chi connectivity index (χ1n) is 20.2. The largest absolute Gasteiger partial charge is 0.310 e. The van der Waals surface area contributed by atoms with Gasteiger partial charge in [-0.1, -0.05) is 182 Å². The van der Waals surface area contributed by atoms with Crippen molar-refractivity contribution >= 4 is 38.6 Å². The van der Waals surface area contributed by atoms with E-state index >= 15 is 0 Å². The molecule has 2 aliphatic carbocycles. The van der Waals surface area contributed by atoms with Gasteiger partial charge < -0.3 is 4.90 Å². The Kier molecular flexibility index (Phi) is 7.21. The van der Waals surface area contributed by atoms with Gasteiger partial charge in [0.05, 0.1) is 5.41 Å². The van der Waals surface area contributed by atoms with E-state index in [1.54, 1.807) is 0 Å². The molecule has 0 bridgehead atoms. The topological polar surface area (TPSA) is 3.24 Å². The summed E-state index contributed by atoms with van der Waals surface area (Å²) in [7, 11) is 0. The van der Waals surface area contributed by atoms with Gasteiger partial charge in [0.1, 0.15) is 0 Å². The van der Waals surface area contributed by atoms with Crippen LogP contribution in [0.2, 0.25) is 0 Å². The van der Waals surface area contributed by atoms with Crippen molar-refractivity contribution in [2.75, 3.05) is 4.90 Å². The smallest absolute Gasteiger partial charge is 0.0726 e. The predicted molar refractivity (Wildman–Crippen MR) is 243 cm³/mol. The zero-order chi connectivity index (χ0) is 38.2. The number of anilines is 3. The quantitative estimate of drug-likeness (QED) is 0.170. The van der Waals surface area contributed by atoms with Crippen LogP contribution in [-0.2, 0) is 5.41 Å². The lowest BCUT2D eigenvalue weighted by atomic mass is 9.70. The fourth-order valence-electron chi connectivity index (χ4n) is 10.1.